The van der Waals surface area contributed by atoms with E-state index in [0.717, 1.165) is 50.5 Å². The van der Waals surface area contributed by atoms with Crippen LogP contribution in [-0.4, -0.2) is 5.71 Å². The van der Waals surface area contributed by atoms with Gasteiger partial charge in [-0.15, -0.1) is 0 Å². The van der Waals surface area contributed by atoms with Crippen molar-refractivity contribution in [2.45, 2.75) is 44.9 Å². The third kappa shape index (κ3) is 1.50. The molecular formula is C17H18N4. The van der Waals surface area contributed by atoms with E-state index in [1.165, 1.54) is 0 Å². The highest BCUT2D eigenvalue weighted by molar-refractivity contribution is 6.00. The van der Waals surface area contributed by atoms with Gasteiger partial charge in [0, 0.05) is 5.41 Å². The number of hydrogen-bond acceptors (Lipinski definition) is 4. The molecule has 0 radical (unpaired) electrons. The van der Waals surface area contributed by atoms with Crippen molar-refractivity contribution < 1.29 is 0 Å². The number of fused-ring (bicyclic) bond motifs is 2. The number of nitrogens with one attached hydrogen (secondary N) is 1. The molecular weight excluding hydrogens is 260 g/mol. The number of hydrogen-bond donors (Lipinski definition) is 1. The van der Waals surface area contributed by atoms with Gasteiger partial charge in [-0.25, -0.2) is 0 Å². The molecule has 1 N–H and O–H groups in total. The van der Waals surface area contributed by atoms with Crippen molar-refractivity contribution in [1.82, 2.24) is 0 Å². The first-order valence-corrected chi connectivity index (χ1v) is 7.68. The summed E-state index contributed by atoms with van der Waals surface area (Å²) in [5, 5.41) is 37.6. The van der Waals surface area contributed by atoms with Gasteiger partial charge in [0.1, 0.15) is 5.92 Å². The summed E-state index contributed by atoms with van der Waals surface area (Å²) in [6.45, 7) is 0. The quantitative estimate of drug-likeness (QED) is 0.687. The van der Waals surface area contributed by atoms with Crippen LogP contribution in [0.1, 0.15) is 44.9 Å². The van der Waals surface area contributed by atoms with E-state index in [9.17, 15) is 15.8 Å². The van der Waals surface area contributed by atoms with Gasteiger partial charge >= 0.3 is 0 Å². The molecule has 0 amide bonds. The normalized spacial score (nSPS) is 32.4. The maximum absolute atomic E-state index is 9.80. The van der Waals surface area contributed by atoms with E-state index >= 15 is 0 Å². The van der Waals surface area contributed by atoms with E-state index in [0.29, 0.717) is 0 Å². The van der Waals surface area contributed by atoms with Gasteiger partial charge in [0.15, 0.2) is 5.41 Å². The molecule has 4 heteroatoms. The van der Waals surface area contributed by atoms with Crippen molar-refractivity contribution in [3.8, 4) is 18.2 Å². The van der Waals surface area contributed by atoms with E-state index in [-0.39, 0.29) is 11.6 Å². The molecule has 2 fully saturated rings. The third-order valence-electron chi connectivity index (χ3n) is 5.88. The molecule has 0 aromatic rings. The SMILES string of the molecule is N#C[C@@H]1C(=N)C(C#N)(C#N)C2(CCCC2)[C@H]2CCCC=C12. The summed E-state index contributed by atoms with van der Waals surface area (Å²) in [5.41, 5.74) is -0.797. The van der Waals surface area contributed by atoms with E-state index < -0.39 is 16.7 Å². The summed E-state index contributed by atoms with van der Waals surface area (Å²) in [6.07, 6.45) is 8.73. The fourth-order valence-electron chi connectivity index (χ4n) is 4.96. The van der Waals surface area contributed by atoms with E-state index in [4.69, 9.17) is 5.41 Å². The Morgan fingerprint density at radius 3 is 2.33 bits per heavy atom. The van der Waals surface area contributed by atoms with Crippen LogP contribution in [0.3, 0.4) is 0 Å². The van der Waals surface area contributed by atoms with Crippen LogP contribution in [0, 0.1) is 62.1 Å². The molecule has 0 aliphatic heterocycles. The van der Waals surface area contributed by atoms with Gasteiger partial charge in [-0.2, -0.15) is 15.8 Å². The van der Waals surface area contributed by atoms with Crippen LogP contribution in [-0.2, 0) is 0 Å². The Hall–Kier alpha value is -2.12. The van der Waals surface area contributed by atoms with Gasteiger partial charge in [-0.3, -0.25) is 0 Å². The minimum absolute atomic E-state index is 0.0290. The first-order chi connectivity index (χ1) is 10.2. The zero-order valence-corrected chi connectivity index (χ0v) is 12.0. The Balaban J connectivity index is 2.26. The maximum atomic E-state index is 9.80. The number of allylic oxidation sites excluding steroid dienone is 2. The summed E-state index contributed by atoms with van der Waals surface area (Å²) in [4.78, 5) is 0. The second-order valence-electron chi connectivity index (χ2n) is 6.50. The standard InChI is InChI=1S/C17H18N4/c18-9-13-12-5-1-2-6-14(12)16(7-3-4-8-16)17(10-19,11-20)15(13)21/h5,13-14,21H,1-4,6-8H2/t13-,14-/m0/s1. The Bertz CT molecular complexity index is 617. The molecule has 3 aliphatic rings. The number of nitriles is 3. The summed E-state index contributed by atoms with van der Waals surface area (Å²) in [7, 11) is 0. The Morgan fingerprint density at radius 1 is 1.10 bits per heavy atom. The van der Waals surface area contributed by atoms with E-state index in [1.807, 2.05) is 0 Å². The molecule has 0 saturated heterocycles. The van der Waals surface area contributed by atoms with Gasteiger partial charge in [0.05, 0.1) is 23.9 Å². The van der Waals surface area contributed by atoms with E-state index in [1.54, 1.807) is 0 Å². The molecule has 2 saturated carbocycles. The molecule has 4 nitrogen and oxygen atoms in total. The van der Waals surface area contributed by atoms with Crippen molar-refractivity contribution in [2.24, 2.45) is 22.7 Å². The predicted octanol–water partition coefficient (Wildman–Crippen LogP) is 3.48. The van der Waals surface area contributed by atoms with Crippen molar-refractivity contribution >= 4 is 5.71 Å². The third-order valence-corrected chi connectivity index (χ3v) is 5.88. The lowest BCUT2D eigenvalue weighted by Gasteiger charge is -2.53. The minimum Gasteiger partial charge on any atom is -0.305 e. The van der Waals surface area contributed by atoms with Crippen LogP contribution >= 0.6 is 0 Å². The molecule has 0 bridgehead atoms. The van der Waals surface area contributed by atoms with Crippen LogP contribution in [0.4, 0.5) is 0 Å². The number of nitrogens with zero attached hydrogens (tertiary/aromatic N) is 3. The Kier molecular flexibility index (Phi) is 3.11. The topological polar surface area (TPSA) is 95.2 Å². The monoisotopic (exact) mass is 278 g/mol. The Morgan fingerprint density at radius 2 is 1.76 bits per heavy atom. The van der Waals surface area contributed by atoms with Gasteiger partial charge < -0.3 is 5.41 Å². The van der Waals surface area contributed by atoms with Crippen LogP contribution in [0.25, 0.3) is 0 Å². The highest BCUT2D eigenvalue weighted by atomic mass is 14.7. The summed E-state index contributed by atoms with van der Waals surface area (Å²) >= 11 is 0. The van der Waals surface area contributed by atoms with Gasteiger partial charge in [0.2, 0.25) is 0 Å². The molecule has 0 aromatic carbocycles. The molecule has 0 unspecified atom stereocenters. The first-order valence-electron chi connectivity index (χ1n) is 7.68. The number of rotatable bonds is 0. The highest BCUT2D eigenvalue weighted by Crippen LogP contribution is 2.64. The van der Waals surface area contributed by atoms with Crippen molar-refractivity contribution in [3.05, 3.63) is 11.6 Å². The van der Waals surface area contributed by atoms with Crippen LogP contribution in [0.2, 0.25) is 0 Å². The average Bonchev–Trinajstić information content (AvgIpc) is 3.00. The van der Waals surface area contributed by atoms with Gasteiger partial charge in [0.25, 0.3) is 0 Å². The largest absolute Gasteiger partial charge is 0.305 e. The van der Waals surface area contributed by atoms with Gasteiger partial charge in [-0.05, 0) is 43.6 Å². The smallest absolute Gasteiger partial charge is 0.188 e. The fourth-order valence-corrected chi connectivity index (χ4v) is 4.96. The van der Waals surface area contributed by atoms with Crippen molar-refractivity contribution in [1.29, 1.82) is 21.2 Å². The summed E-state index contributed by atoms with van der Waals surface area (Å²) in [5.74, 6) is -0.548. The zero-order valence-electron chi connectivity index (χ0n) is 12.0. The fraction of sp³-hybridized carbons (Fsp3) is 0.647. The Labute approximate surface area is 125 Å². The molecule has 106 valence electrons. The average molecular weight is 278 g/mol. The molecule has 21 heavy (non-hydrogen) atoms. The first kappa shape index (κ1) is 13.8. The predicted molar refractivity (Wildman–Crippen MR) is 76.8 cm³/mol. The maximum Gasteiger partial charge on any atom is 0.188 e. The van der Waals surface area contributed by atoms with Crippen molar-refractivity contribution in [2.75, 3.05) is 0 Å². The molecule has 0 heterocycles. The lowest BCUT2D eigenvalue weighted by Crippen LogP contribution is -2.56. The lowest BCUT2D eigenvalue weighted by atomic mass is 9.46. The summed E-state index contributed by atoms with van der Waals surface area (Å²) < 4.78 is 0. The molecule has 0 aromatic heterocycles. The second-order valence-corrected chi connectivity index (χ2v) is 6.50. The van der Waals surface area contributed by atoms with Crippen molar-refractivity contribution in [3.63, 3.8) is 0 Å². The summed E-state index contributed by atoms with van der Waals surface area (Å²) in [6, 6.07) is 6.55. The minimum atomic E-state index is -1.41. The second kappa shape index (κ2) is 4.71. The molecule has 1 spiro atoms. The highest BCUT2D eigenvalue weighted by Gasteiger charge is 2.66. The zero-order chi connectivity index (χ0) is 15.1. The van der Waals surface area contributed by atoms with Crippen LogP contribution in [0.15, 0.2) is 11.6 Å². The molecule has 3 rings (SSSR count). The van der Waals surface area contributed by atoms with Crippen LogP contribution < -0.4 is 0 Å². The van der Waals surface area contributed by atoms with Gasteiger partial charge in [-0.1, -0.05) is 18.9 Å². The van der Waals surface area contributed by atoms with Crippen LogP contribution in [0.5, 0.6) is 0 Å². The van der Waals surface area contributed by atoms with E-state index in [2.05, 4.69) is 24.3 Å². The lowest BCUT2D eigenvalue weighted by molar-refractivity contribution is 0.0941. The molecule has 3 aliphatic carbocycles. The molecule has 2 atom stereocenters.